The van der Waals surface area contributed by atoms with Crippen molar-refractivity contribution in [3.8, 4) is 11.5 Å². The predicted octanol–water partition coefficient (Wildman–Crippen LogP) is 3.40. The molecule has 4 rings (SSSR count). The molecule has 2 heterocycles. The molecule has 5 nitrogen and oxygen atoms in total. The van der Waals surface area contributed by atoms with E-state index in [0.29, 0.717) is 29.0 Å². The van der Waals surface area contributed by atoms with Crippen LogP contribution in [0.2, 0.25) is 0 Å². The molecule has 0 spiro atoms. The summed E-state index contributed by atoms with van der Waals surface area (Å²) in [6.07, 6.45) is 4.11. The summed E-state index contributed by atoms with van der Waals surface area (Å²) in [4.78, 5) is 26.5. The first-order valence-corrected chi connectivity index (χ1v) is 8.55. The summed E-state index contributed by atoms with van der Waals surface area (Å²) in [5.41, 5.74) is 3.22. The molecule has 26 heavy (non-hydrogen) atoms. The lowest BCUT2D eigenvalue weighted by Gasteiger charge is -2.13. The summed E-state index contributed by atoms with van der Waals surface area (Å²) in [6, 6.07) is 17.5. The van der Waals surface area contributed by atoms with Crippen LogP contribution in [0.5, 0.6) is 0 Å². The van der Waals surface area contributed by atoms with E-state index in [1.165, 1.54) is 5.56 Å². The van der Waals surface area contributed by atoms with E-state index in [0.717, 1.165) is 12.1 Å². The maximum absolute atomic E-state index is 13.1. The number of nitrogens with zero attached hydrogens (tertiary/aromatic N) is 4. The van der Waals surface area contributed by atoms with Crippen LogP contribution in [0.3, 0.4) is 0 Å². The highest BCUT2D eigenvalue weighted by Crippen LogP contribution is 2.17. The van der Waals surface area contributed by atoms with Crippen molar-refractivity contribution in [3.63, 3.8) is 0 Å². The highest BCUT2D eigenvalue weighted by Gasteiger charge is 2.14. The fourth-order valence-corrected chi connectivity index (χ4v) is 2.96. The van der Waals surface area contributed by atoms with Crippen molar-refractivity contribution in [3.05, 3.63) is 88.6 Å². The van der Waals surface area contributed by atoms with E-state index in [-0.39, 0.29) is 5.56 Å². The molecule has 0 aliphatic carbocycles. The van der Waals surface area contributed by atoms with Gasteiger partial charge in [0.1, 0.15) is 5.69 Å². The third-order valence-corrected chi connectivity index (χ3v) is 4.34. The molecule has 5 heteroatoms. The van der Waals surface area contributed by atoms with Gasteiger partial charge in [-0.1, -0.05) is 42.5 Å². The zero-order chi connectivity index (χ0) is 17.9. The van der Waals surface area contributed by atoms with Crippen molar-refractivity contribution in [1.29, 1.82) is 0 Å². The van der Waals surface area contributed by atoms with Gasteiger partial charge in [0.05, 0.1) is 22.8 Å². The third kappa shape index (κ3) is 3.11. The summed E-state index contributed by atoms with van der Waals surface area (Å²) in [5.74, 6) is 0.553. The summed E-state index contributed by atoms with van der Waals surface area (Å²) < 4.78 is 1.70. The summed E-state index contributed by atoms with van der Waals surface area (Å²) in [5, 5.41) is 0.615. The average molecular weight is 342 g/mol. The third-order valence-electron chi connectivity index (χ3n) is 4.34. The van der Waals surface area contributed by atoms with Crippen molar-refractivity contribution in [2.75, 3.05) is 0 Å². The SMILES string of the molecule is Cc1cnc(-c2nc3ccccc3c(=O)n2CCc2ccccc2)cn1. The lowest BCUT2D eigenvalue weighted by atomic mass is 10.1. The minimum Gasteiger partial charge on any atom is -0.290 e. The van der Waals surface area contributed by atoms with Crippen molar-refractivity contribution in [1.82, 2.24) is 19.5 Å². The Labute approximate surface area is 151 Å². The molecule has 128 valence electrons. The number of para-hydroxylation sites is 1. The second-order valence-electron chi connectivity index (χ2n) is 6.19. The Hall–Kier alpha value is -3.34. The molecule has 0 amide bonds. The van der Waals surface area contributed by atoms with E-state index in [1.54, 1.807) is 17.0 Å². The first-order chi connectivity index (χ1) is 12.7. The fraction of sp³-hybridized carbons (Fsp3) is 0.143. The van der Waals surface area contributed by atoms with E-state index in [4.69, 9.17) is 4.98 Å². The van der Waals surface area contributed by atoms with Crippen molar-refractivity contribution in [2.45, 2.75) is 19.9 Å². The molecule has 0 saturated carbocycles. The zero-order valence-electron chi connectivity index (χ0n) is 14.5. The van der Waals surface area contributed by atoms with E-state index in [1.807, 2.05) is 49.4 Å². The smallest absolute Gasteiger partial charge is 0.261 e. The number of hydrogen-bond acceptors (Lipinski definition) is 4. The van der Waals surface area contributed by atoms with Gasteiger partial charge in [-0.3, -0.25) is 14.3 Å². The van der Waals surface area contributed by atoms with Crippen LogP contribution in [-0.4, -0.2) is 19.5 Å². The van der Waals surface area contributed by atoms with Crippen LogP contribution in [-0.2, 0) is 13.0 Å². The van der Waals surface area contributed by atoms with Gasteiger partial charge < -0.3 is 0 Å². The Morgan fingerprint density at radius 3 is 2.46 bits per heavy atom. The molecular formula is C21H18N4O. The van der Waals surface area contributed by atoms with Crippen LogP contribution in [0.4, 0.5) is 0 Å². The standard InChI is InChI=1S/C21H18N4O/c1-15-13-23-19(14-22-15)20-24-18-10-6-5-9-17(18)21(26)25(20)12-11-16-7-3-2-4-8-16/h2-10,13-14H,11-12H2,1H3. The first-order valence-electron chi connectivity index (χ1n) is 8.55. The van der Waals surface area contributed by atoms with Crippen LogP contribution in [0.1, 0.15) is 11.3 Å². The Morgan fingerprint density at radius 1 is 0.923 bits per heavy atom. The zero-order valence-corrected chi connectivity index (χ0v) is 14.5. The number of aryl methyl sites for hydroxylation is 2. The van der Waals surface area contributed by atoms with Gasteiger partial charge in [0.2, 0.25) is 0 Å². The lowest BCUT2D eigenvalue weighted by Crippen LogP contribution is -2.24. The van der Waals surface area contributed by atoms with Gasteiger partial charge in [-0.25, -0.2) is 9.97 Å². The van der Waals surface area contributed by atoms with Crippen molar-refractivity contribution < 1.29 is 0 Å². The second kappa shape index (κ2) is 6.88. The molecule has 0 aliphatic rings. The highest BCUT2D eigenvalue weighted by molar-refractivity contribution is 5.79. The van der Waals surface area contributed by atoms with E-state index in [2.05, 4.69) is 22.1 Å². The van der Waals surface area contributed by atoms with E-state index < -0.39 is 0 Å². The molecule has 2 aromatic carbocycles. The summed E-state index contributed by atoms with van der Waals surface area (Å²) in [6.45, 7) is 2.42. The molecular weight excluding hydrogens is 324 g/mol. The Kier molecular flexibility index (Phi) is 4.27. The van der Waals surface area contributed by atoms with Gasteiger partial charge in [0, 0.05) is 12.7 Å². The normalized spacial score (nSPS) is 11.0. The van der Waals surface area contributed by atoms with E-state index >= 15 is 0 Å². The Morgan fingerprint density at radius 2 is 1.69 bits per heavy atom. The number of fused-ring (bicyclic) bond motifs is 1. The molecule has 4 aromatic rings. The fourth-order valence-electron chi connectivity index (χ4n) is 2.96. The molecule has 0 fully saturated rings. The van der Waals surface area contributed by atoms with Crippen molar-refractivity contribution >= 4 is 10.9 Å². The van der Waals surface area contributed by atoms with Gasteiger partial charge in [-0.15, -0.1) is 0 Å². The van der Waals surface area contributed by atoms with Crippen LogP contribution >= 0.6 is 0 Å². The van der Waals surface area contributed by atoms with Gasteiger partial charge in [0.15, 0.2) is 5.82 Å². The van der Waals surface area contributed by atoms with Crippen LogP contribution in [0, 0.1) is 6.92 Å². The quantitative estimate of drug-likeness (QED) is 0.570. The van der Waals surface area contributed by atoms with Gasteiger partial charge in [-0.2, -0.15) is 0 Å². The number of hydrogen-bond donors (Lipinski definition) is 0. The van der Waals surface area contributed by atoms with Crippen LogP contribution < -0.4 is 5.56 Å². The molecule has 2 aromatic heterocycles. The monoisotopic (exact) mass is 342 g/mol. The molecule has 0 bridgehead atoms. The Bertz CT molecular complexity index is 1100. The molecule has 0 N–H and O–H groups in total. The lowest BCUT2D eigenvalue weighted by molar-refractivity contribution is 0.669. The number of aromatic nitrogens is 4. The highest BCUT2D eigenvalue weighted by atomic mass is 16.1. The second-order valence-corrected chi connectivity index (χ2v) is 6.19. The molecule has 0 aliphatic heterocycles. The largest absolute Gasteiger partial charge is 0.290 e. The molecule has 0 unspecified atom stereocenters. The molecule has 0 atom stereocenters. The minimum atomic E-state index is -0.0519. The van der Waals surface area contributed by atoms with Gasteiger partial charge >= 0.3 is 0 Å². The maximum Gasteiger partial charge on any atom is 0.261 e. The minimum absolute atomic E-state index is 0.0519. The topological polar surface area (TPSA) is 60.7 Å². The van der Waals surface area contributed by atoms with Crippen LogP contribution in [0.15, 0.2) is 71.8 Å². The van der Waals surface area contributed by atoms with E-state index in [9.17, 15) is 4.79 Å². The summed E-state index contributed by atoms with van der Waals surface area (Å²) in [7, 11) is 0. The Balaban J connectivity index is 1.85. The number of benzene rings is 2. The van der Waals surface area contributed by atoms with Crippen molar-refractivity contribution in [2.24, 2.45) is 0 Å². The average Bonchev–Trinajstić information content (AvgIpc) is 2.69. The predicted molar refractivity (Wildman–Crippen MR) is 102 cm³/mol. The van der Waals surface area contributed by atoms with Crippen LogP contribution in [0.25, 0.3) is 22.4 Å². The molecule has 0 saturated heterocycles. The molecule has 0 radical (unpaired) electrons. The van der Waals surface area contributed by atoms with Gasteiger partial charge in [0.25, 0.3) is 5.56 Å². The number of rotatable bonds is 4. The first kappa shape index (κ1) is 16.1. The van der Waals surface area contributed by atoms with Gasteiger partial charge in [-0.05, 0) is 31.0 Å². The summed E-state index contributed by atoms with van der Waals surface area (Å²) >= 11 is 0. The maximum atomic E-state index is 13.1.